The van der Waals surface area contributed by atoms with Gasteiger partial charge in [0, 0.05) is 12.1 Å². The van der Waals surface area contributed by atoms with Crippen molar-refractivity contribution in [2.75, 3.05) is 47.3 Å². The Balaban J connectivity index is 1.07. The molecule has 12 nitrogen and oxygen atoms in total. The van der Waals surface area contributed by atoms with Crippen LogP contribution in [0.15, 0.2) is 134 Å². The first-order valence-electron chi connectivity index (χ1n) is 20.6. The highest BCUT2D eigenvalue weighted by atomic mass is 31.2. The summed E-state index contributed by atoms with van der Waals surface area (Å²) in [4.78, 5) is 14.1. The van der Waals surface area contributed by atoms with Crippen molar-refractivity contribution in [2.45, 2.75) is 51.8 Å². The van der Waals surface area contributed by atoms with E-state index in [1.165, 1.54) is 0 Å². The zero-order valence-corrected chi connectivity index (χ0v) is 37.0. The minimum absolute atomic E-state index is 0.222. The Kier molecular flexibility index (Phi) is 16.8. The Hall–Kier alpha value is -5.93. The number of nitrogens with zero attached hydrogens (tertiary/aromatic N) is 5. The summed E-state index contributed by atoms with van der Waals surface area (Å²) in [7, 11) is 1.98. The molecule has 6 aromatic rings. The summed E-state index contributed by atoms with van der Waals surface area (Å²) >= 11 is 0. The molecule has 0 fully saturated rings. The van der Waals surface area contributed by atoms with E-state index >= 15 is 0 Å². The van der Waals surface area contributed by atoms with Crippen LogP contribution in [-0.2, 0) is 19.4 Å². The van der Waals surface area contributed by atoms with Crippen molar-refractivity contribution in [3.8, 4) is 51.8 Å². The number of hydrogen-bond acceptors (Lipinski definition) is 12. The van der Waals surface area contributed by atoms with Crippen molar-refractivity contribution in [1.29, 1.82) is 5.26 Å². The fourth-order valence-corrected chi connectivity index (χ4v) is 8.54. The first-order valence-corrected chi connectivity index (χ1v) is 21.7. The molecular weight excluding hydrogens is 802 g/mol. The van der Waals surface area contributed by atoms with Crippen LogP contribution >= 0.6 is 8.53 Å². The number of methoxy groups -OCH3 is 2. The highest BCUT2D eigenvalue weighted by molar-refractivity contribution is 7.44. The van der Waals surface area contributed by atoms with E-state index in [1.807, 2.05) is 109 Å². The second kappa shape index (κ2) is 22.8. The molecule has 1 unspecified atom stereocenters. The Morgan fingerprint density at radius 2 is 1.03 bits per heavy atom. The predicted molar refractivity (Wildman–Crippen MR) is 241 cm³/mol. The molecule has 3 heterocycles. The molecule has 0 spiro atoms. The molecule has 0 radical (unpaired) electrons. The molecule has 1 atom stereocenters. The lowest BCUT2D eigenvalue weighted by Gasteiger charge is -2.36. The molecular formula is C49H54N5O7P. The number of ether oxygens (including phenoxy) is 5. The minimum atomic E-state index is -1.33. The van der Waals surface area contributed by atoms with Gasteiger partial charge in [-0.05, 0) is 105 Å². The van der Waals surface area contributed by atoms with Crippen molar-refractivity contribution in [3.63, 3.8) is 0 Å². The normalized spacial score (nSPS) is 12.0. The van der Waals surface area contributed by atoms with Gasteiger partial charge in [-0.25, -0.2) is 9.65 Å². The van der Waals surface area contributed by atoms with Crippen LogP contribution in [0.5, 0.6) is 23.0 Å². The molecule has 0 saturated carbocycles. The lowest BCUT2D eigenvalue weighted by atomic mass is 9.80. The third kappa shape index (κ3) is 11.7. The number of nitriles is 1. The molecule has 322 valence electrons. The molecule has 13 heteroatoms. The quantitative estimate of drug-likeness (QED) is 0.0345. The summed E-state index contributed by atoms with van der Waals surface area (Å²) in [6, 6.07) is 41.9. The van der Waals surface area contributed by atoms with E-state index in [0.29, 0.717) is 60.5 Å². The highest BCUT2D eigenvalue weighted by Crippen LogP contribution is 2.46. The molecule has 0 bridgehead atoms. The Morgan fingerprint density at radius 1 is 0.548 bits per heavy atom. The molecule has 0 aliphatic heterocycles. The van der Waals surface area contributed by atoms with Crippen molar-refractivity contribution in [2.24, 2.45) is 0 Å². The number of hydrogen-bond donors (Lipinski definition) is 0. The summed E-state index contributed by atoms with van der Waals surface area (Å²) in [6.07, 6.45) is 3.68. The van der Waals surface area contributed by atoms with Gasteiger partial charge in [0.05, 0.1) is 81.7 Å². The van der Waals surface area contributed by atoms with E-state index in [1.54, 1.807) is 26.6 Å². The van der Waals surface area contributed by atoms with Crippen LogP contribution in [0.3, 0.4) is 0 Å². The molecule has 3 aromatic heterocycles. The van der Waals surface area contributed by atoms with Crippen LogP contribution in [0.1, 0.15) is 50.8 Å². The summed E-state index contributed by atoms with van der Waals surface area (Å²) in [5, 5.41) is 8.96. The molecule has 0 aliphatic carbocycles. The smallest absolute Gasteiger partial charge is 0.259 e. The van der Waals surface area contributed by atoms with E-state index in [9.17, 15) is 0 Å². The van der Waals surface area contributed by atoms with Crippen molar-refractivity contribution in [1.82, 2.24) is 19.6 Å². The van der Waals surface area contributed by atoms with E-state index < -0.39 is 14.1 Å². The van der Waals surface area contributed by atoms with Gasteiger partial charge < -0.3 is 32.7 Å². The third-order valence-corrected chi connectivity index (χ3v) is 11.9. The predicted octanol–water partition coefficient (Wildman–Crippen LogP) is 10.3. The SMILES string of the molecule is COc1ccc(C(OCCOc2ccc(-c3cccc(-c4ccc(OCCOP(OCCC#N)N(C(C)C)C(C)C)cn4)n3)nc2)(c2ccccc2)c2ccc(OC)cc2)cc1. The van der Waals surface area contributed by atoms with Gasteiger partial charge in [-0.2, -0.15) is 5.26 Å². The summed E-state index contributed by atoms with van der Waals surface area (Å²) in [5.74, 6) is 2.74. The lowest BCUT2D eigenvalue weighted by molar-refractivity contribution is -0.00249. The van der Waals surface area contributed by atoms with E-state index in [4.69, 9.17) is 43.0 Å². The summed E-state index contributed by atoms with van der Waals surface area (Å²) < 4.78 is 44.2. The third-order valence-electron chi connectivity index (χ3n) is 9.81. The molecule has 0 N–H and O–H groups in total. The maximum atomic E-state index is 8.96. The Labute approximate surface area is 366 Å². The van der Waals surface area contributed by atoms with Gasteiger partial charge in [-0.15, -0.1) is 0 Å². The van der Waals surface area contributed by atoms with E-state index in [2.05, 4.69) is 60.5 Å². The fraction of sp³-hybridized carbons (Fsp3) is 0.306. The first kappa shape index (κ1) is 45.6. The number of aromatic nitrogens is 3. The fourth-order valence-electron chi connectivity index (χ4n) is 6.97. The Morgan fingerprint density at radius 3 is 1.50 bits per heavy atom. The van der Waals surface area contributed by atoms with Gasteiger partial charge in [0.1, 0.15) is 41.8 Å². The summed E-state index contributed by atoms with van der Waals surface area (Å²) in [6.45, 7) is 9.94. The van der Waals surface area contributed by atoms with Crippen LogP contribution in [0.4, 0.5) is 0 Å². The summed E-state index contributed by atoms with van der Waals surface area (Å²) in [5.41, 5.74) is 4.73. The van der Waals surface area contributed by atoms with Gasteiger partial charge in [-0.1, -0.05) is 60.7 Å². The maximum Gasteiger partial charge on any atom is 0.259 e. The van der Waals surface area contributed by atoms with Gasteiger partial charge in [0.15, 0.2) is 0 Å². The molecule has 6 rings (SSSR count). The second-order valence-electron chi connectivity index (χ2n) is 14.6. The van der Waals surface area contributed by atoms with E-state index in [0.717, 1.165) is 28.2 Å². The van der Waals surface area contributed by atoms with Crippen molar-refractivity contribution >= 4 is 8.53 Å². The maximum absolute atomic E-state index is 8.96. The molecule has 0 aliphatic rings. The van der Waals surface area contributed by atoms with Crippen LogP contribution in [0, 0.1) is 11.3 Å². The minimum Gasteiger partial charge on any atom is -0.497 e. The highest BCUT2D eigenvalue weighted by Gasteiger charge is 2.38. The van der Waals surface area contributed by atoms with Crippen LogP contribution in [0.2, 0.25) is 0 Å². The van der Waals surface area contributed by atoms with E-state index in [-0.39, 0.29) is 25.3 Å². The molecule has 0 amide bonds. The Bertz CT molecular complexity index is 2240. The van der Waals surface area contributed by atoms with Crippen LogP contribution < -0.4 is 18.9 Å². The van der Waals surface area contributed by atoms with Gasteiger partial charge in [0.25, 0.3) is 8.53 Å². The average Bonchev–Trinajstić information content (AvgIpc) is 3.31. The lowest BCUT2D eigenvalue weighted by Crippen LogP contribution is -2.34. The molecule has 3 aromatic carbocycles. The van der Waals surface area contributed by atoms with Crippen LogP contribution in [-0.4, -0.2) is 79.0 Å². The first-order chi connectivity index (χ1) is 30.2. The molecule has 0 saturated heterocycles. The van der Waals surface area contributed by atoms with Crippen molar-refractivity contribution < 1.29 is 32.7 Å². The average molecular weight is 856 g/mol. The zero-order chi connectivity index (χ0) is 43.7. The number of rotatable bonds is 23. The van der Waals surface area contributed by atoms with Gasteiger partial charge in [0.2, 0.25) is 0 Å². The van der Waals surface area contributed by atoms with Crippen LogP contribution in [0.25, 0.3) is 22.8 Å². The standard InChI is InChI=1S/C49H54N5O7P/c1-36(2)54(37(3)4)62(60-29-11-28-50)61-33-31-58-44-25-27-46(52-35-44)48-15-10-14-47(53-48)45-26-24-43(34-51-45)57-30-32-59-49(38-12-8-7-9-13-38,39-16-20-41(55-5)21-17-39)40-18-22-42(56-6)23-19-40/h7-10,12-27,34-37H,11,29-33H2,1-6H3. The van der Waals surface area contributed by atoms with Gasteiger partial charge in [-0.3, -0.25) is 9.97 Å². The van der Waals surface area contributed by atoms with Gasteiger partial charge >= 0.3 is 0 Å². The largest absolute Gasteiger partial charge is 0.497 e. The zero-order valence-electron chi connectivity index (χ0n) is 36.1. The van der Waals surface area contributed by atoms with Crippen molar-refractivity contribution in [3.05, 3.63) is 150 Å². The number of pyridine rings is 3. The molecule has 62 heavy (non-hydrogen) atoms. The topological polar surface area (TPSA) is 130 Å². The number of benzene rings is 3. The monoisotopic (exact) mass is 855 g/mol. The second-order valence-corrected chi connectivity index (χ2v) is 16.0.